The number of hydrogen-bond acceptors (Lipinski definition) is 4. The molecular weight excluding hydrogens is 719 g/mol. The summed E-state index contributed by atoms with van der Waals surface area (Å²) in [5.74, 6) is 1.77. The summed E-state index contributed by atoms with van der Waals surface area (Å²) in [4.78, 5) is 21.1. The Kier molecular flexibility index (Phi) is 8.41. The van der Waals surface area contributed by atoms with E-state index >= 15 is 0 Å². The molecule has 0 atom stereocenters. The van der Waals surface area contributed by atoms with Gasteiger partial charge in [-0.25, -0.2) is 19.9 Å². The Balaban J connectivity index is 1.15. The molecule has 0 saturated heterocycles. The smallest absolute Gasteiger partial charge is 0.164 e. The van der Waals surface area contributed by atoms with E-state index < -0.39 is 0 Å². The Hall–Kier alpha value is -8.02. The van der Waals surface area contributed by atoms with Crippen LogP contribution >= 0.6 is 0 Å². The molecule has 59 heavy (non-hydrogen) atoms. The number of fused-ring (bicyclic) bond motifs is 5. The van der Waals surface area contributed by atoms with Crippen LogP contribution in [-0.4, -0.2) is 24.5 Å². The van der Waals surface area contributed by atoms with Crippen molar-refractivity contribution in [2.75, 3.05) is 0 Å². The maximum Gasteiger partial charge on any atom is 0.164 e. The van der Waals surface area contributed by atoms with Gasteiger partial charge >= 0.3 is 0 Å². The molecule has 0 amide bonds. The Morgan fingerprint density at radius 3 is 1.36 bits per heavy atom. The lowest BCUT2D eigenvalue weighted by atomic mass is 9.98. The zero-order chi connectivity index (χ0) is 39.1. The minimum atomic E-state index is 0.574. The predicted octanol–water partition coefficient (Wildman–Crippen LogP) is 13.5. The van der Waals surface area contributed by atoms with Crippen LogP contribution in [0, 0.1) is 0 Å². The predicted molar refractivity (Wildman–Crippen MR) is 242 cm³/mol. The van der Waals surface area contributed by atoms with E-state index in [9.17, 15) is 0 Å². The lowest BCUT2D eigenvalue weighted by molar-refractivity contribution is 1.07. The number of para-hydroxylation sites is 3. The molecule has 0 N–H and O–H groups in total. The van der Waals surface area contributed by atoms with Crippen LogP contribution in [0.1, 0.15) is 0 Å². The highest BCUT2D eigenvalue weighted by atomic mass is 15.0. The van der Waals surface area contributed by atoms with Crippen molar-refractivity contribution in [1.82, 2.24) is 24.5 Å². The fraction of sp³-hybridized carbons (Fsp3) is 0. The summed E-state index contributed by atoms with van der Waals surface area (Å²) in [7, 11) is 0. The summed E-state index contributed by atoms with van der Waals surface area (Å²) >= 11 is 0. The molecule has 0 spiro atoms. The van der Waals surface area contributed by atoms with Crippen LogP contribution in [0.2, 0.25) is 0 Å². The molecule has 0 fully saturated rings. The van der Waals surface area contributed by atoms with E-state index in [2.05, 4.69) is 205 Å². The number of aromatic nitrogens is 5. The van der Waals surface area contributed by atoms with Gasteiger partial charge in [0.25, 0.3) is 0 Å². The molecule has 5 heteroatoms. The third kappa shape index (κ3) is 6.13. The zero-order valence-electron chi connectivity index (χ0n) is 31.9. The molecule has 11 aromatic rings. The standard InChI is InChI=1S/C54H35N5/c1-4-16-36(17-5-1)38-28-32-40(33-29-38)52-56-53(41-34-30-39(31-35-41)37-18-6-2-7-19-37)58-54(57-52)44-23-11-10-22-43(44)50-51-49(45-24-12-14-26-47(45)55-50)46-25-13-15-27-48(46)59(51)42-20-8-3-9-21-42/h1-35H. The highest BCUT2D eigenvalue weighted by Gasteiger charge is 2.23. The summed E-state index contributed by atoms with van der Waals surface area (Å²) < 4.78 is 2.35. The van der Waals surface area contributed by atoms with E-state index in [-0.39, 0.29) is 0 Å². The first-order chi connectivity index (χ1) is 29.3. The molecule has 0 unspecified atom stereocenters. The quantitative estimate of drug-likeness (QED) is 0.163. The third-order valence-electron chi connectivity index (χ3n) is 11.1. The topological polar surface area (TPSA) is 56.5 Å². The van der Waals surface area contributed by atoms with Crippen molar-refractivity contribution in [2.24, 2.45) is 0 Å². The lowest BCUT2D eigenvalue weighted by Gasteiger charge is -2.15. The summed E-state index contributed by atoms with van der Waals surface area (Å²) in [6.07, 6.45) is 0. The van der Waals surface area contributed by atoms with Crippen molar-refractivity contribution in [2.45, 2.75) is 0 Å². The second kappa shape index (κ2) is 14.5. The van der Waals surface area contributed by atoms with Crippen LogP contribution in [0.3, 0.4) is 0 Å². The maximum absolute atomic E-state index is 5.49. The first-order valence-electron chi connectivity index (χ1n) is 19.8. The monoisotopic (exact) mass is 753 g/mol. The summed E-state index contributed by atoms with van der Waals surface area (Å²) in [5.41, 5.74) is 13.2. The number of pyridine rings is 1. The van der Waals surface area contributed by atoms with Gasteiger partial charge in [-0.3, -0.25) is 0 Å². The van der Waals surface area contributed by atoms with Gasteiger partial charge in [0, 0.05) is 44.1 Å². The molecule has 0 aliphatic heterocycles. The van der Waals surface area contributed by atoms with E-state index in [0.29, 0.717) is 17.5 Å². The minimum Gasteiger partial charge on any atom is -0.307 e. The van der Waals surface area contributed by atoms with Gasteiger partial charge in [0.1, 0.15) is 0 Å². The Morgan fingerprint density at radius 2 is 0.746 bits per heavy atom. The van der Waals surface area contributed by atoms with Gasteiger partial charge in [0.2, 0.25) is 0 Å². The third-order valence-corrected chi connectivity index (χ3v) is 11.1. The van der Waals surface area contributed by atoms with Gasteiger partial charge in [0.05, 0.1) is 22.2 Å². The van der Waals surface area contributed by atoms with Crippen molar-refractivity contribution in [3.05, 3.63) is 212 Å². The first-order valence-corrected chi connectivity index (χ1v) is 19.8. The van der Waals surface area contributed by atoms with Crippen LogP contribution in [0.25, 0.3) is 106 Å². The van der Waals surface area contributed by atoms with Gasteiger partial charge in [-0.2, -0.15) is 0 Å². The number of rotatable bonds is 7. The molecule has 0 saturated carbocycles. The number of nitrogens with zero attached hydrogens (tertiary/aromatic N) is 5. The molecule has 3 heterocycles. The normalized spacial score (nSPS) is 11.4. The molecule has 276 valence electrons. The number of hydrogen-bond donors (Lipinski definition) is 0. The lowest BCUT2D eigenvalue weighted by Crippen LogP contribution is -2.02. The van der Waals surface area contributed by atoms with Crippen LogP contribution in [0.15, 0.2) is 212 Å². The second-order valence-corrected chi connectivity index (χ2v) is 14.6. The minimum absolute atomic E-state index is 0.574. The molecule has 3 aromatic heterocycles. The Bertz CT molecular complexity index is 3180. The van der Waals surface area contributed by atoms with Crippen LogP contribution in [0.4, 0.5) is 0 Å². The van der Waals surface area contributed by atoms with Gasteiger partial charge in [-0.05, 0) is 46.5 Å². The van der Waals surface area contributed by atoms with Crippen LogP contribution in [-0.2, 0) is 0 Å². The van der Waals surface area contributed by atoms with Crippen LogP contribution in [0.5, 0.6) is 0 Å². The molecule has 0 bridgehead atoms. The van der Waals surface area contributed by atoms with Crippen molar-refractivity contribution in [1.29, 1.82) is 0 Å². The molecule has 5 nitrogen and oxygen atoms in total. The fourth-order valence-electron chi connectivity index (χ4n) is 8.25. The van der Waals surface area contributed by atoms with Crippen molar-refractivity contribution < 1.29 is 0 Å². The average molecular weight is 754 g/mol. The molecular formula is C54H35N5. The van der Waals surface area contributed by atoms with Gasteiger partial charge in [-0.15, -0.1) is 0 Å². The molecule has 0 radical (unpaired) electrons. The molecule has 8 aromatic carbocycles. The summed E-state index contributed by atoms with van der Waals surface area (Å²) in [5, 5.41) is 3.44. The maximum atomic E-state index is 5.49. The molecule has 11 rings (SSSR count). The second-order valence-electron chi connectivity index (χ2n) is 14.6. The van der Waals surface area contributed by atoms with E-state index in [1.54, 1.807) is 0 Å². The zero-order valence-corrected chi connectivity index (χ0v) is 31.9. The largest absolute Gasteiger partial charge is 0.307 e. The van der Waals surface area contributed by atoms with Gasteiger partial charge in [0.15, 0.2) is 17.5 Å². The highest BCUT2D eigenvalue weighted by Crippen LogP contribution is 2.43. The van der Waals surface area contributed by atoms with Crippen molar-refractivity contribution >= 4 is 32.7 Å². The highest BCUT2D eigenvalue weighted by molar-refractivity contribution is 6.23. The average Bonchev–Trinajstić information content (AvgIpc) is 3.68. The van der Waals surface area contributed by atoms with Crippen molar-refractivity contribution in [3.63, 3.8) is 0 Å². The van der Waals surface area contributed by atoms with E-state index in [1.807, 2.05) is 12.1 Å². The van der Waals surface area contributed by atoms with Gasteiger partial charge in [-0.1, -0.05) is 188 Å². The van der Waals surface area contributed by atoms with E-state index in [1.165, 1.54) is 5.39 Å². The Labute approximate surface area is 341 Å². The Morgan fingerprint density at radius 1 is 0.305 bits per heavy atom. The molecule has 0 aliphatic rings. The van der Waals surface area contributed by atoms with Crippen LogP contribution < -0.4 is 0 Å². The fourth-order valence-corrected chi connectivity index (χ4v) is 8.25. The summed E-state index contributed by atoms with van der Waals surface area (Å²) in [6, 6.07) is 73.8. The van der Waals surface area contributed by atoms with E-state index in [0.717, 1.165) is 83.2 Å². The van der Waals surface area contributed by atoms with E-state index in [4.69, 9.17) is 19.9 Å². The summed E-state index contributed by atoms with van der Waals surface area (Å²) in [6.45, 7) is 0. The van der Waals surface area contributed by atoms with Gasteiger partial charge < -0.3 is 4.57 Å². The van der Waals surface area contributed by atoms with Crippen molar-refractivity contribution in [3.8, 4) is 73.4 Å². The SMILES string of the molecule is c1ccc(-c2ccc(-c3nc(-c4ccc(-c5ccccc5)cc4)nc(-c4ccccc4-c4nc5ccccc5c5c6ccccc6n(-c6ccccc6)c45)n3)cc2)cc1. The number of benzene rings is 8. The molecule has 0 aliphatic carbocycles. The first kappa shape index (κ1) is 34.2.